The Kier molecular flexibility index (Phi) is 4.27. The molecule has 1 amide bonds. The number of hydrogen-bond acceptors (Lipinski definition) is 4. The molecule has 1 aliphatic rings. The minimum absolute atomic E-state index is 0.103. The highest BCUT2D eigenvalue weighted by Gasteiger charge is 2.33. The number of amides is 1. The first-order chi connectivity index (χ1) is 8.50. The maximum Gasteiger partial charge on any atom is 0.228 e. The van der Waals surface area contributed by atoms with Gasteiger partial charge >= 0.3 is 0 Å². The van der Waals surface area contributed by atoms with Crippen LogP contribution in [0.2, 0.25) is 4.34 Å². The number of ether oxygens (including phenoxy) is 1. The Morgan fingerprint density at radius 1 is 1.72 bits per heavy atom. The molecule has 100 valence electrons. The zero-order valence-electron chi connectivity index (χ0n) is 10.1. The third kappa shape index (κ3) is 3.23. The second-order valence-corrected chi connectivity index (χ2v) is 6.35. The fourth-order valence-corrected chi connectivity index (χ4v) is 2.94. The van der Waals surface area contributed by atoms with Crippen LogP contribution in [0.5, 0.6) is 0 Å². The molecule has 0 unspecified atom stereocenters. The Morgan fingerprint density at radius 2 is 2.50 bits per heavy atom. The molecule has 0 aliphatic carbocycles. The third-order valence-corrected chi connectivity index (χ3v) is 4.50. The fourth-order valence-electron chi connectivity index (χ4n) is 1.83. The molecule has 1 aromatic rings. The van der Waals surface area contributed by atoms with Gasteiger partial charge in [0.2, 0.25) is 5.91 Å². The van der Waals surface area contributed by atoms with Crippen LogP contribution in [0.4, 0.5) is 0 Å². The van der Waals surface area contributed by atoms with E-state index in [1.54, 1.807) is 6.07 Å². The molecule has 2 atom stereocenters. The average molecular weight is 290 g/mol. The number of halogens is 1. The van der Waals surface area contributed by atoms with Crippen LogP contribution in [0, 0.1) is 0 Å². The van der Waals surface area contributed by atoms with Crippen LogP contribution in [-0.4, -0.2) is 36.4 Å². The SMILES string of the molecule is C[C@H](C(=O)NC[C@@]1(O)CCOC1)c1ccc(Cl)s1. The normalized spacial score (nSPS) is 25.1. The first kappa shape index (κ1) is 13.8. The lowest BCUT2D eigenvalue weighted by Crippen LogP contribution is -2.44. The highest BCUT2D eigenvalue weighted by Crippen LogP contribution is 2.28. The summed E-state index contributed by atoms with van der Waals surface area (Å²) in [7, 11) is 0. The van der Waals surface area contributed by atoms with E-state index in [1.165, 1.54) is 11.3 Å². The van der Waals surface area contributed by atoms with Gasteiger partial charge in [0.15, 0.2) is 0 Å². The van der Waals surface area contributed by atoms with Crippen molar-refractivity contribution in [3.8, 4) is 0 Å². The van der Waals surface area contributed by atoms with Gasteiger partial charge in [0.1, 0.15) is 5.60 Å². The number of carbonyl (C=O) groups excluding carboxylic acids is 1. The quantitative estimate of drug-likeness (QED) is 0.888. The zero-order valence-corrected chi connectivity index (χ0v) is 11.7. The van der Waals surface area contributed by atoms with Crippen LogP contribution in [0.3, 0.4) is 0 Å². The number of thiophene rings is 1. The largest absolute Gasteiger partial charge is 0.386 e. The summed E-state index contributed by atoms with van der Waals surface area (Å²) in [5.74, 6) is -0.359. The molecule has 0 saturated carbocycles. The van der Waals surface area contributed by atoms with Crippen molar-refractivity contribution in [3.63, 3.8) is 0 Å². The molecule has 1 fully saturated rings. The number of aliphatic hydroxyl groups is 1. The first-order valence-electron chi connectivity index (χ1n) is 5.83. The van der Waals surface area contributed by atoms with Gasteiger partial charge in [-0.25, -0.2) is 0 Å². The molecule has 0 bridgehead atoms. The first-order valence-corrected chi connectivity index (χ1v) is 7.03. The molecule has 1 aromatic heterocycles. The molecule has 1 aliphatic heterocycles. The van der Waals surface area contributed by atoms with Gasteiger partial charge in [0.05, 0.1) is 16.9 Å². The van der Waals surface area contributed by atoms with E-state index in [-0.39, 0.29) is 25.0 Å². The fraction of sp³-hybridized carbons (Fsp3) is 0.583. The Hall–Kier alpha value is -0.620. The van der Waals surface area contributed by atoms with E-state index in [0.29, 0.717) is 17.4 Å². The predicted molar refractivity (Wildman–Crippen MR) is 71.1 cm³/mol. The van der Waals surface area contributed by atoms with Gasteiger partial charge in [-0.1, -0.05) is 11.6 Å². The van der Waals surface area contributed by atoms with E-state index in [1.807, 2.05) is 13.0 Å². The van der Waals surface area contributed by atoms with Gasteiger partial charge in [0.25, 0.3) is 0 Å². The van der Waals surface area contributed by atoms with Crippen molar-refractivity contribution in [1.82, 2.24) is 5.32 Å². The Bertz CT molecular complexity index is 429. The van der Waals surface area contributed by atoms with Crippen LogP contribution in [0.1, 0.15) is 24.1 Å². The van der Waals surface area contributed by atoms with Gasteiger partial charge in [-0.3, -0.25) is 4.79 Å². The summed E-state index contributed by atoms with van der Waals surface area (Å²) < 4.78 is 5.80. The minimum Gasteiger partial charge on any atom is -0.386 e. The molecule has 1 saturated heterocycles. The molecule has 6 heteroatoms. The summed E-state index contributed by atoms with van der Waals surface area (Å²) in [6, 6.07) is 3.63. The average Bonchev–Trinajstić information content (AvgIpc) is 2.95. The van der Waals surface area contributed by atoms with Crippen molar-refractivity contribution in [2.24, 2.45) is 0 Å². The van der Waals surface area contributed by atoms with E-state index in [4.69, 9.17) is 16.3 Å². The Balaban J connectivity index is 1.88. The molecule has 2 heterocycles. The van der Waals surface area contributed by atoms with Gasteiger partial charge in [0, 0.05) is 24.4 Å². The molecule has 4 nitrogen and oxygen atoms in total. The van der Waals surface area contributed by atoms with Gasteiger partial charge in [-0.15, -0.1) is 11.3 Å². The summed E-state index contributed by atoms with van der Waals surface area (Å²) in [4.78, 5) is 12.9. The van der Waals surface area contributed by atoms with E-state index >= 15 is 0 Å². The van der Waals surface area contributed by atoms with Crippen molar-refractivity contribution >= 4 is 28.8 Å². The molecule has 0 spiro atoms. The van der Waals surface area contributed by atoms with Crippen LogP contribution in [0.25, 0.3) is 0 Å². The van der Waals surface area contributed by atoms with Crippen molar-refractivity contribution < 1.29 is 14.6 Å². The summed E-state index contributed by atoms with van der Waals surface area (Å²) in [5, 5.41) is 12.8. The van der Waals surface area contributed by atoms with Crippen molar-refractivity contribution in [3.05, 3.63) is 21.3 Å². The lowest BCUT2D eigenvalue weighted by Gasteiger charge is -2.21. The zero-order chi connectivity index (χ0) is 13.2. The molecule has 18 heavy (non-hydrogen) atoms. The maximum absolute atomic E-state index is 12.0. The van der Waals surface area contributed by atoms with E-state index in [2.05, 4.69) is 5.32 Å². The molecular weight excluding hydrogens is 274 g/mol. The summed E-state index contributed by atoms with van der Waals surface area (Å²) >= 11 is 7.24. The minimum atomic E-state index is -0.914. The maximum atomic E-state index is 12.0. The highest BCUT2D eigenvalue weighted by atomic mass is 35.5. The second kappa shape index (κ2) is 5.57. The predicted octanol–water partition coefficient (Wildman–Crippen LogP) is 1.77. The number of carbonyl (C=O) groups is 1. The standard InChI is InChI=1S/C12H16ClNO3S/c1-8(9-2-3-10(13)18-9)11(15)14-6-12(16)4-5-17-7-12/h2-3,8,16H,4-7H2,1H3,(H,14,15)/t8-,12-/m0/s1. The summed E-state index contributed by atoms with van der Waals surface area (Å²) in [6.07, 6.45) is 0.562. The molecule has 2 N–H and O–H groups in total. The Morgan fingerprint density at radius 3 is 3.06 bits per heavy atom. The van der Waals surface area contributed by atoms with Crippen molar-refractivity contribution in [2.45, 2.75) is 24.9 Å². The van der Waals surface area contributed by atoms with Crippen LogP contribution in [0.15, 0.2) is 12.1 Å². The monoisotopic (exact) mass is 289 g/mol. The smallest absolute Gasteiger partial charge is 0.228 e. The topological polar surface area (TPSA) is 58.6 Å². The lowest BCUT2D eigenvalue weighted by molar-refractivity contribution is -0.123. The summed E-state index contributed by atoms with van der Waals surface area (Å²) in [5.41, 5.74) is -0.914. The number of nitrogens with one attached hydrogen (secondary N) is 1. The molecule has 2 rings (SSSR count). The van der Waals surface area contributed by atoms with E-state index < -0.39 is 5.60 Å². The van der Waals surface area contributed by atoms with Gasteiger partial charge in [-0.05, 0) is 19.1 Å². The number of rotatable bonds is 4. The summed E-state index contributed by atoms with van der Waals surface area (Å²) in [6.45, 7) is 2.89. The molecule has 0 aromatic carbocycles. The van der Waals surface area contributed by atoms with Crippen LogP contribution >= 0.6 is 22.9 Å². The lowest BCUT2D eigenvalue weighted by atomic mass is 10.0. The van der Waals surface area contributed by atoms with Crippen LogP contribution in [-0.2, 0) is 9.53 Å². The van der Waals surface area contributed by atoms with Crippen molar-refractivity contribution in [2.75, 3.05) is 19.8 Å². The third-order valence-electron chi connectivity index (χ3n) is 3.09. The second-order valence-electron chi connectivity index (χ2n) is 4.61. The van der Waals surface area contributed by atoms with Crippen molar-refractivity contribution in [1.29, 1.82) is 0 Å². The van der Waals surface area contributed by atoms with Crippen LogP contribution < -0.4 is 5.32 Å². The highest BCUT2D eigenvalue weighted by molar-refractivity contribution is 7.16. The van der Waals surface area contributed by atoms with E-state index in [9.17, 15) is 9.90 Å². The molecular formula is C12H16ClNO3S. The van der Waals surface area contributed by atoms with Gasteiger partial charge in [-0.2, -0.15) is 0 Å². The number of hydrogen-bond donors (Lipinski definition) is 2. The van der Waals surface area contributed by atoms with E-state index in [0.717, 1.165) is 4.88 Å². The van der Waals surface area contributed by atoms with Gasteiger partial charge < -0.3 is 15.2 Å². The Labute approximate surface area is 115 Å². The molecule has 0 radical (unpaired) electrons.